The lowest BCUT2D eigenvalue weighted by Crippen LogP contribution is -2.40. The maximum absolute atomic E-state index is 14.0. The number of aliphatic hydroxyl groups is 2. The number of aromatic nitrogens is 2. The summed E-state index contributed by atoms with van der Waals surface area (Å²) in [5.41, 5.74) is -0.809. The Hall–Kier alpha value is -1.19. The number of hydrogen-bond donors (Lipinski definition) is 3. The van der Waals surface area contributed by atoms with E-state index in [0.29, 0.717) is 11.7 Å². The molecule has 1 aromatic rings. The van der Waals surface area contributed by atoms with Crippen LogP contribution in [-0.2, 0) is 0 Å². The molecule has 1 aliphatic rings. The van der Waals surface area contributed by atoms with Crippen LogP contribution in [0, 0.1) is 5.92 Å². The maximum Gasteiger partial charge on any atom is 0.349 e. The van der Waals surface area contributed by atoms with Crippen molar-refractivity contribution in [3.8, 4) is 0 Å². The number of anilines is 1. The molecule has 1 saturated carbocycles. The maximum atomic E-state index is 14.0. The molecule has 118 valence electrons. The third-order valence-corrected chi connectivity index (χ3v) is 4.04. The highest BCUT2D eigenvalue weighted by Gasteiger charge is 2.57. The van der Waals surface area contributed by atoms with Crippen LogP contribution in [0.1, 0.15) is 12.5 Å². The first-order valence-corrected chi connectivity index (χ1v) is 7.80. The molecule has 2 rings (SSSR count). The van der Waals surface area contributed by atoms with Crippen molar-refractivity contribution in [2.45, 2.75) is 24.5 Å². The zero-order chi connectivity index (χ0) is 15.6. The molecule has 0 amide bonds. The lowest BCUT2D eigenvalue weighted by molar-refractivity contribution is -0.123. The number of nitrogens with one attached hydrogen (secondary N) is 1. The van der Waals surface area contributed by atoms with E-state index in [1.54, 1.807) is 0 Å². The molecule has 1 aromatic heterocycles. The lowest BCUT2D eigenvalue weighted by Gasteiger charge is -2.23. The summed E-state index contributed by atoms with van der Waals surface area (Å²) in [6, 6.07) is -0.0638. The summed E-state index contributed by atoms with van der Waals surface area (Å²) in [6.45, 7) is -0.553. The van der Waals surface area contributed by atoms with Gasteiger partial charge in [0.2, 0.25) is 0 Å². The van der Waals surface area contributed by atoms with Crippen molar-refractivity contribution in [3.05, 3.63) is 22.7 Å². The summed E-state index contributed by atoms with van der Waals surface area (Å²) >= 11 is 1.49. The highest BCUT2D eigenvalue weighted by atomic mass is 32.2. The van der Waals surface area contributed by atoms with Gasteiger partial charge < -0.3 is 15.5 Å². The molecule has 1 fully saturated rings. The zero-order valence-electron chi connectivity index (χ0n) is 11.4. The molecule has 3 atom stereocenters. The second kappa shape index (κ2) is 6.29. The van der Waals surface area contributed by atoms with Crippen LogP contribution >= 0.6 is 11.8 Å². The van der Waals surface area contributed by atoms with Crippen LogP contribution in [0.3, 0.4) is 0 Å². The quantitative estimate of drug-likeness (QED) is 0.686. The molecule has 0 saturated heterocycles. The van der Waals surface area contributed by atoms with E-state index in [4.69, 9.17) is 5.11 Å². The molecule has 1 aliphatic carbocycles. The van der Waals surface area contributed by atoms with Gasteiger partial charge in [-0.05, 0) is 18.7 Å². The first kappa shape index (κ1) is 16.2. The fourth-order valence-electron chi connectivity index (χ4n) is 2.45. The average molecular weight is 321 g/mol. The molecule has 21 heavy (non-hydrogen) atoms. The molecule has 3 N–H and O–H groups in total. The monoisotopic (exact) mass is 321 g/mol. The summed E-state index contributed by atoms with van der Waals surface area (Å²) < 4.78 is 28.9. The smallest absolute Gasteiger partial charge is 0.349 e. The van der Waals surface area contributed by atoms with E-state index >= 15 is 0 Å². The summed E-state index contributed by atoms with van der Waals surface area (Å²) in [5.74, 6) is -3.58. The van der Waals surface area contributed by atoms with E-state index in [1.165, 1.54) is 24.0 Å². The predicted octanol–water partition coefficient (Wildman–Crippen LogP) is 0.525. The SMILES string of the molecule is CSCNc1ccn(C2CC(CO)C(O)C2(F)F)c(=O)n1. The number of hydrogen-bond acceptors (Lipinski definition) is 6. The molecule has 0 bridgehead atoms. The third kappa shape index (κ3) is 3.04. The molecule has 9 heteroatoms. The molecular formula is C12H17F2N3O3S. The Morgan fingerprint density at radius 1 is 1.62 bits per heavy atom. The number of rotatable bonds is 5. The van der Waals surface area contributed by atoms with Crippen LogP contribution in [0.5, 0.6) is 0 Å². The number of alkyl halides is 2. The van der Waals surface area contributed by atoms with Crippen LogP contribution in [0.25, 0.3) is 0 Å². The molecule has 1 heterocycles. The molecule has 0 radical (unpaired) electrons. The normalized spacial score (nSPS) is 27.8. The first-order valence-electron chi connectivity index (χ1n) is 6.40. The van der Waals surface area contributed by atoms with Gasteiger partial charge in [0.1, 0.15) is 18.0 Å². The van der Waals surface area contributed by atoms with E-state index in [2.05, 4.69) is 10.3 Å². The van der Waals surface area contributed by atoms with Gasteiger partial charge in [-0.15, -0.1) is 11.8 Å². The van der Waals surface area contributed by atoms with Gasteiger partial charge in [-0.1, -0.05) is 0 Å². The van der Waals surface area contributed by atoms with Crippen molar-refractivity contribution < 1.29 is 19.0 Å². The lowest BCUT2D eigenvalue weighted by atomic mass is 10.1. The van der Waals surface area contributed by atoms with Crippen LogP contribution in [-0.4, -0.2) is 50.5 Å². The Balaban J connectivity index is 2.28. The van der Waals surface area contributed by atoms with Gasteiger partial charge in [-0.2, -0.15) is 4.98 Å². The fourth-order valence-corrected chi connectivity index (χ4v) is 2.74. The Morgan fingerprint density at radius 2 is 2.33 bits per heavy atom. The van der Waals surface area contributed by atoms with E-state index < -0.39 is 36.3 Å². The predicted molar refractivity (Wildman–Crippen MR) is 75.7 cm³/mol. The van der Waals surface area contributed by atoms with Gasteiger partial charge in [0.15, 0.2) is 0 Å². The number of halogens is 2. The highest BCUT2D eigenvalue weighted by Crippen LogP contribution is 2.46. The van der Waals surface area contributed by atoms with E-state index in [-0.39, 0.29) is 6.42 Å². The molecular weight excluding hydrogens is 304 g/mol. The minimum Gasteiger partial charge on any atom is -0.396 e. The number of thioether (sulfide) groups is 1. The molecule has 0 aliphatic heterocycles. The second-order valence-electron chi connectivity index (χ2n) is 4.93. The molecule has 6 nitrogen and oxygen atoms in total. The Bertz CT molecular complexity index is 555. The minimum absolute atomic E-state index is 0.177. The first-order chi connectivity index (χ1) is 9.91. The molecule has 0 aromatic carbocycles. The van der Waals surface area contributed by atoms with Crippen molar-refractivity contribution in [1.29, 1.82) is 0 Å². The van der Waals surface area contributed by atoms with Crippen molar-refractivity contribution in [2.24, 2.45) is 5.92 Å². The summed E-state index contributed by atoms with van der Waals surface area (Å²) in [6.07, 6.45) is 0.963. The van der Waals surface area contributed by atoms with Gasteiger partial charge >= 0.3 is 5.69 Å². The van der Waals surface area contributed by atoms with Crippen molar-refractivity contribution in [1.82, 2.24) is 9.55 Å². The van der Waals surface area contributed by atoms with Gasteiger partial charge in [-0.25, -0.2) is 13.6 Å². The van der Waals surface area contributed by atoms with E-state index in [0.717, 1.165) is 4.57 Å². The van der Waals surface area contributed by atoms with Crippen molar-refractivity contribution in [3.63, 3.8) is 0 Å². The molecule has 3 unspecified atom stereocenters. The van der Waals surface area contributed by atoms with Crippen LogP contribution < -0.4 is 11.0 Å². The number of aliphatic hydroxyl groups excluding tert-OH is 2. The Morgan fingerprint density at radius 3 is 2.86 bits per heavy atom. The second-order valence-corrected chi connectivity index (χ2v) is 5.79. The van der Waals surface area contributed by atoms with E-state index in [9.17, 15) is 18.7 Å². The minimum atomic E-state index is -3.48. The Labute approximate surface area is 124 Å². The van der Waals surface area contributed by atoms with Gasteiger partial charge in [0.05, 0.1) is 5.88 Å². The van der Waals surface area contributed by atoms with Gasteiger partial charge in [0.25, 0.3) is 5.92 Å². The van der Waals surface area contributed by atoms with Crippen LogP contribution in [0.2, 0.25) is 0 Å². The fraction of sp³-hybridized carbons (Fsp3) is 0.667. The largest absolute Gasteiger partial charge is 0.396 e. The van der Waals surface area contributed by atoms with Gasteiger partial charge in [0, 0.05) is 18.7 Å². The van der Waals surface area contributed by atoms with Gasteiger partial charge in [-0.3, -0.25) is 4.57 Å². The summed E-state index contributed by atoms with van der Waals surface area (Å²) in [4.78, 5) is 15.6. The third-order valence-electron chi connectivity index (χ3n) is 3.61. The average Bonchev–Trinajstić information content (AvgIpc) is 2.68. The number of nitrogens with zero attached hydrogens (tertiary/aromatic N) is 2. The topological polar surface area (TPSA) is 87.4 Å². The van der Waals surface area contributed by atoms with E-state index in [1.807, 2.05) is 6.26 Å². The molecule has 0 spiro atoms. The highest BCUT2D eigenvalue weighted by molar-refractivity contribution is 7.98. The zero-order valence-corrected chi connectivity index (χ0v) is 12.2. The van der Waals surface area contributed by atoms with Crippen molar-refractivity contribution >= 4 is 17.6 Å². The summed E-state index contributed by atoms with van der Waals surface area (Å²) in [5, 5.41) is 21.4. The van der Waals surface area contributed by atoms with Crippen LogP contribution in [0.15, 0.2) is 17.1 Å². The summed E-state index contributed by atoms with van der Waals surface area (Å²) in [7, 11) is 0. The van der Waals surface area contributed by atoms with Crippen LogP contribution in [0.4, 0.5) is 14.6 Å². The standard InChI is InChI=1S/C12H17F2N3O3S/c1-21-6-15-9-2-3-17(11(20)16-9)8-4-7(5-18)10(19)12(8,13)14/h2-3,7-8,10,18-19H,4-6H2,1H3,(H,15,16,20). The van der Waals surface area contributed by atoms with Crippen molar-refractivity contribution in [2.75, 3.05) is 24.1 Å². The Kier molecular flexibility index (Phi) is 4.84.